The molecule has 1 aromatic carbocycles. The van der Waals surface area contributed by atoms with Crippen molar-refractivity contribution < 1.29 is 4.92 Å². The van der Waals surface area contributed by atoms with Gasteiger partial charge in [-0.25, -0.2) is 0 Å². The van der Waals surface area contributed by atoms with Gasteiger partial charge in [-0.15, -0.1) is 10.2 Å². The van der Waals surface area contributed by atoms with E-state index in [1.54, 1.807) is 6.07 Å². The monoisotopic (exact) mass is 358 g/mol. The van der Waals surface area contributed by atoms with E-state index in [0.717, 1.165) is 18.8 Å². The predicted octanol–water partition coefficient (Wildman–Crippen LogP) is 3.81. The van der Waals surface area contributed by atoms with Gasteiger partial charge in [0, 0.05) is 29.3 Å². The van der Waals surface area contributed by atoms with Crippen LogP contribution in [0.25, 0.3) is 11.4 Å². The first-order valence-corrected chi connectivity index (χ1v) is 7.50. The molecule has 2 rings (SSSR count). The van der Waals surface area contributed by atoms with Gasteiger partial charge in [0.25, 0.3) is 5.69 Å². The molecular weight excluding hydrogens is 348 g/mol. The number of non-ortho nitro benzene ring substituents is 1. The van der Waals surface area contributed by atoms with Crippen molar-refractivity contribution in [1.82, 2.24) is 14.8 Å². The third-order valence-corrected chi connectivity index (χ3v) is 3.47. The molecule has 2 aromatic rings. The molecular formula is C12H12BrClN4O2. The van der Waals surface area contributed by atoms with E-state index in [1.807, 2.05) is 11.5 Å². The molecule has 0 amide bonds. The molecule has 0 radical (unpaired) electrons. The summed E-state index contributed by atoms with van der Waals surface area (Å²) in [7, 11) is 0. The minimum Gasteiger partial charge on any atom is -0.310 e. The van der Waals surface area contributed by atoms with Crippen molar-refractivity contribution in [2.45, 2.75) is 25.2 Å². The predicted molar refractivity (Wildman–Crippen MR) is 80.0 cm³/mol. The lowest BCUT2D eigenvalue weighted by atomic mass is 10.2. The van der Waals surface area contributed by atoms with Gasteiger partial charge in [-0.1, -0.05) is 34.5 Å². The highest BCUT2D eigenvalue weighted by molar-refractivity contribution is 9.08. The van der Waals surface area contributed by atoms with Crippen molar-refractivity contribution >= 4 is 33.2 Å². The molecule has 0 N–H and O–H groups in total. The molecule has 0 saturated carbocycles. The first-order chi connectivity index (χ1) is 9.56. The second kappa shape index (κ2) is 6.32. The van der Waals surface area contributed by atoms with Gasteiger partial charge in [0.05, 0.1) is 10.3 Å². The van der Waals surface area contributed by atoms with Crippen molar-refractivity contribution in [3.05, 3.63) is 39.2 Å². The van der Waals surface area contributed by atoms with Crippen molar-refractivity contribution in [3.8, 4) is 11.4 Å². The first-order valence-electron chi connectivity index (χ1n) is 6.00. The molecule has 0 saturated heterocycles. The first kappa shape index (κ1) is 14.9. The van der Waals surface area contributed by atoms with Crippen molar-refractivity contribution in [2.75, 3.05) is 0 Å². The third-order valence-electron chi connectivity index (χ3n) is 2.75. The standard InChI is InChI=1S/C12H12BrClN4O2/c1-2-3-17-11(7-13)15-16-12(17)8-4-9(14)6-10(5-8)18(19)20/h4-6H,2-3,7H2,1H3. The van der Waals surface area contributed by atoms with Crippen LogP contribution in [-0.2, 0) is 11.9 Å². The molecule has 20 heavy (non-hydrogen) atoms. The Hall–Kier alpha value is -1.47. The van der Waals surface area contributed by atoms with Crippen LogP contribution in [0.5, 0.6) is 0 Å². The lowest BCUT2D eigenvalue weighted by molar-refractivity contribution is -0.384. The average Bonchev–Trinajstić information content (AvgIpc) is 2.81. The second-order valence-electron chi connectivity index (χ2n) is 4.18. The van der Waals surface area contributed by atoms with Gasteiger partial charge in [0.1, 0.15) is 5.82 Å². The number of hydrogen-bond donors (Lipinski definition) is 0. The van der Waals surface area contributed by atoms with E-state index in [2.05, 4.69) is 26.1 Å². The number of benzene rings is 1. The molecule has 8 heteroatoms. The van der Waals surface area contributed by atoms with Crippen LogP contribution in [0.2, 0.25) is 5.02 Å². The van der Waals surface area contributed by atoms with Gasteiger partial charge >= 0.3 is 0 Å². The smallest absolute Gasteiger partial charge is 0.271 e. The Bertz CT molecular complexity index is 644. The van der Waals surface area contributed by atoms with Crippen LogP contribution in [0.3, 0.4) is 0 Å². The van der Waals surface area contributed by atoms with E-state index in [-0.39, 0.29) is 5.69 Å². The van der Waals surface area contributed by atoms with Gasteiger partial charge in [0.2, 0.25) is 0 Å². The molecule has 106 valence electrons. The summed E-state index contributed by atoms with van der Waals surface area (Å²) >= 11 is 9.30. The van der Waals surface area contributed by atoms with E-state index in [9.17, 15) is 10.1 Å². The summed E-state index contributed by atoms with van der Waals surface area (Å²) in [4.78, 5) is 10.4. The Kier molecular flexibility index (Phi) is 4.72. The maximum atomic E-state index is 10.9. The Balaban J connectivity index is 2.56. The summed E-state index contributed by atoms with van der Waals surface area (Å²) in [6.45, 7) is 2.78. The molecule has 0 unspecified atom stereocenters. The molecule has 0 aliphatic carbocycles. The number of nitro benzene ring substituents is 1. The van der Waals surface area contributed by atoms with Crippen LogP contribution in [-0.4, -0.2) is 19.7 Å². The number of nitro groups is 1. The van der Waals surface area contributed by atoms with Crippen LogP contribution in [0.4, 0.5) is 5.69 Å². The summed E-state index contributed by atoms with van der Waals surface area (Å²) in [6, 6.07) is 4.43. The summed E-state index contributed by atoms with van der Waals surface area (Å²) in [5, 5.41) is 20.0. The van der Waals surface area contributed by atoms with E-state index in [4.69, 9.17) is 11.6 Å². The van der Waals surface area contributed by atoms with Crippen molar-refractivity contribution in [2.24, 2.45) is 0 Å². The van der Waals surface area contributed by atoms with Crippen LogP contribution in [0, 0.1) is 10.1 Å². The molecule has 1 heterocycles. The number of aromatic nitrogens is 3. The minimum atomic E-state index is -0.471. The minimum absolute atomic E-state index is 0.0565. The number of nitrogens with zero attached hydrogens (tertiary/aromatic N) is 4. The highest BCUT2D eigenvalue weighted by Crippen LogP contribution is 2.28. The summed E-state index contributed by atoms with van der Waals surface area (Å²) in [6.07, 6.45) is 0.910. The van der Waals surface area contributed by atoms with E-state index < -0.39 is 4.92 Å². The molecule has 0 aliphatic rings. The van der Waals surface area contributed by atoms with E-state index >= 15 is 0 Å². The number of rotatable bonds is 5. The maximum absolute atomic E-state index is 10.9. The Morgan fingerprint density at radius 1 is 1.40 bits per heavy atom. The molecule has 6 nitrogen and oxygen atoms in total. The van der Waals surface area contributed by atoms with E-state index in [1.165, 1.54) is 12.1 Å². The fourth-order valence-corrected chi connectivity index (χ4v) is 2.56. The fourth-order valence-electron chi connectivity index (χ4n) is 1.91. The second-order valence-corrected chi connectivity index (χ2v) is 5.18. The number of hydrogen-bond acceptors (Lipinski definition) is 4. The molecule has 0 bridgehead atoms. The van der Waals surface area contributed by atoms with Crippen LogP contribution < -0.4 is 0 Å². The topological polar surface area (TPSA) is 73.8 Å². The molecule has 0 atom stereocenters. The maximum Gasteiger partial charge on any atom is 0.271 e. The zero-order valence-electron chi connectivity index (χ0n) is 10.7. The zero-order valence-corrected chi connectivity index (χ0v) is 13.1. The largest absolute Gasteiger partial charge is 0.310 e. The normalized spacial score (nSPS) is 10.8. The van der Waals surface area contributed by atoms with Gasteiger partial charge < -0.3 is 4.57 Å². The van der Waals surface area contributed by atoms with Gasteiger partial charge in [-0.2, -0.15) is 0 Å². The number of alkyl halides is 1. The fraction of sp³-hybridized carbons (Fsp3) is 0.333. The average molecular weight is 360 g/mol. The van der Waals surface area contributed by atoms with Crippen molar-refractivity contribution in [3.63, 3.8) is 0 Å². The molecule has 0 fully saturated rings. The lowest BCUT2D eigenvalue weighted by Gasteiger charge is -2.08. The highest BCUT2D eigenvalue weighted by atomic mass is 79.9. The van der Waals surface area contributed by atoms with Gasteiger partial charge in [-0.3, -0.25) is 10.1 Å². The summed E-state index contributed by atoms with van der Waals surface area (Å²) in [5.41, 5.74) is 0.538. The third kappa shape index (κ3) is 2.99. The quantitative estimate of drug-likeness (QED) is 0.462. The van der Waals surface area contributed by atoms with E-state index in [0.29, 0.717) is 21.7 Å². The molecule has 1 aromatic heterocycles. The van der Waals surface area contributed by atoms with Crippen LogP contribution in [0.15, 0.2) is 18.2 Å². The molecule has 0 spiro atoms. The summed E-state index contributed by atoms with van der Waals surface area (Å²) < 4.78 is 1.93. The molecule has 0 aliphatic heterocycles. The zero-order chi connectivity index (χ0) is 14.7. The van der Waals surface area contributed by atoms with Crippen LogP contribution in [0.1, 0.15) is 19.2 Å². The Labute approximate surface area is 129 Å². The van der Waals surface area contributed by atoms with Crippen LogP contribution >= 0.6 is 27.5 Å². The summed E-state index contributed by atoms with van der Waals surface area (Å²) in [5.74, 6) is 1.37. The van der Waals surface area contributed by atoms with Gasteiger partial charge in [-0.05, 0) is 12.5 Å². The van der Waals surface area contributed by atoms with Gasteiger partial charge in [0.15, 0.2) is 5.82 Å². The lowest BCUT2D eigenvalue weighted by Crippen LogP contribution is -2.04. The number of halogens is 2. The van der Waals surface area contributed by atoms with Crippen molar-refractivity contribution in [1.29, 1.82) is 0 Å². The Morgan fingerprint density at radius 2 is 2.15 bits per heavy atom. The SMILES string of the molecule is CCCn1c(CBr)nnc1-c1cc(Cl)cc([N+](=O)[O-])c1. The highest BCUT2D eigenvalue weighted by Gasteiger charge is 2.16. The Morgan fingerprint density at radius 3 is 2.75 bits per heavy atom.